The molecule has 2 rings (SSSR count). The molecule has 0 aromatic heterocycles. The largest absolute Gasteiger partial charge is 0.493 e. The topological polar surface area (TPSA) is 21.3 Å². The van der Waals surface area contributed by atoms with Gasteiger partial charge in [0.25, 0.3) is 0 Å². The third kappa shape index (κ3) is 3.76. The summed E-state index contributed by atoms with van der Waals surface area (Å²) < 4.78 is 20.0. The van der Waals surface area contributed by atoms with Gasteiger partial charge in [-0.25, -0.2) is 4.39 Å². The molecule has 0 aliphatic heterocycles. The highest BCUT2D eigenvalue weighted by molar-refractivity contribution is 9.10. The first kappa shape index (κ1) is 16.3. The van der Waals surface area contributed by atoms with E-state index in [0.29, 0.717) is 6.61 Å². The lowest BCUT2D eigenvalue weighted by atomic mass is 9.98. The predicted octanol–water partition coefficient (Wildman–Crippen LogP) is 4.95. The van der Waals surface area contributed by atoms with Crippen molar-refractivity contribution in [3.63, 3.8) is 0 Å². The smallest absolute Gasteiger partial charge is 0.142 e. The second-order valence-electron chi connectivity index (χ2n) is 4.52. The van der Waals surface area contributed by atoms with Gasteiger partial charge in [0.2, 0.25) is 0 Å². The number of benzene rings is 2. The van der Waals surface area contributed by atoms with Gasteiger partial charge >= 0.3 is 0 Å². The van der Waals surface area contributed by atoms with Gasteiger partial charge < -0.3 is 10.1 Å². The maximum absolute atomic E-state index is 13.6. The average molecular weight is 373 g/mol. The zero-order chi connectivity index (χ0) is 15.4. The Morgan fingerprint density at radius 3 is 2.48 bits per heavy atom. The van der Waals surface area contributed by atoms with Crippen molar-refractivity contribution in [1.82, 2.24) is 5.32 Å². The molecule has 112 valence electrons. The molecule has 0 bridgehead atoms. The number of hydrogen-bond donors (Lipinski definition) is 1. The van der Waals surface area contributed by atoms with E-state index < -0.39 is 5.82 Å². The monoisotopic (exact) mass is 371 g/mol. The molecule has 0 amide bonds. The van der Waals surface area contributed by atoms with Crippen LogP contribution in [0.5, 0.6) is 5.75 Å². The maximum Gasteiger partial charge on any atom is 0.142 e. The molecule has 0 aliphatic rings. The Bertz CT molecular complexity index is 636. The van der Waals surface area contributed by atoms with Crippen molar-refractivity contribution in [1.29, 1.82) is 0 Å². The molecule has 1 unspecified atom stereocenters. The van der Waals surface area contributed by atoms with Crippen LogP contribution in [-0.2, 0) is 0 Å². The van der Waals surface area contributed by atoms with E-state index in [4.69, 9.17) is 16.3 Å². The van der Waals surface area contributed by atoms with E-state index in [2.05, 4.69) is 21.2 Å². The fourth-order valence-corrected chi connectivity index (χ4v) is 2.82. The molecule has 0 heterocycles. The van der Waals surface area contributed by atoms with Crippen LogP contribution in [0, 0.1) is 5.82 Å². The number of ether oxygens (including phenoxy) is 1. The number of nitrogens with one attached hydrogen (secondary N) is 1. The molecule has 21 heavy (non-hydrogen) atoms. The van der Waals surface area contributed by atoms with Crippen molar-refractivity contribution in [2.75, 3.05) is 13.7 Å². The normalized spacial score (nSPS) is 12.2. The molecule has 0 radical (unpaired) electrons. The van der Waals surface area contributed by atoms with E-state index in [1.54, 1.807) is 6.07 Å². The van der Waals surface area contributed by atoms with Crippen LogP contribution >= 0.6 is 27.5 Å². The SMILES string of the molecule is CCOc1ccc(C(NC)c2ccc(Cl)c(F)c2)cc1Br. The standard InChI is InChI=1S/C16H16BrClFNO/c1-3-21-15-7-5-10(8-12(15)17)16(20-2)11-4-6-13(18)14(19)9-11/h4-9,16,20H,3H2,1-2H3. The summed E-state index contributed by atoms with van der Waals surface area (Å²) in [5.74, 6) is 0.373. The highest BCUT2D eigenvalue weighted by atomic mass is 79.9. The summed E-state index contributed by atoms with van der Waals surface area (Å²) in [6.07, 6.45) is 0. The van der Waals surface area contributed by atoms with Crippen LogP contribution in [0.15, 0.2) is 40.9 Å². The maximum atomic E-state index is 13.6. The molecule has 1 N–H and O–H groups in total. The molecule has 1 atom stereocenters. The molecular formula is C16H16BrClFNO. The van der Waals surface area contributed by atoms with Crippen molar-refractivity contribution in [3.8, 4) is 5.75 Å². The zero-order valence-corrected chi connectivity index (χ0v) is 14.1. The summed E-state index contributed by atoms with van der Waals surface area (Å²) in [6, 6.07) is 10.6. The van der Waals surface area contributed by atoms with Crippen LogP contribution in [0.2, 0.25) is 5.02 Å². The van der Waals surface area contributed by atoms with Gasteiger partial charge in [-0.2, -0.15) is 0 Å². The lowest BCUT2D eigenvalue weighted by molar-refractivity contribution is 0.338. The second-order valence-corrected chi connectivity index (χ2v) is 5.78. The van der Waals surface area contributed by atoms with E-state index in [0.717, 1.165) is 21.3 Å². The lowest BCUT2D eigenvalue weighted by Gasteiger charge is -2.19. The Balaban J connectivity index is 2.36. The van der Waals surface area contributed by atoms with Crippen molar-refractivity contribution in [2.45, 2.75) is 13.0 Å². The zero-order valence-electron chi connectivity index (χ0n) is 11.8. The Hall–Kier alpha value is -1.10. The van der Waals surface area contributed by atoms with Gasteiger partial charge in [-0.3, -0.25) is 0 Å². The molecule has 0 saturated heterocycles. The molecule has 0 spiro atoms. The van der Waals surface area contributed by atoms with Gasteiger partial charge in [0.1, 0.15) is 11.6 Å². The van der Waals surface area contributed by atoms with Crippen LogP contribution < -0.4 is 10.1 Å². The quantitative estimate of drug-likeness (QED) is 0.802. The van der Waals surface area contributed by atoms with Crippen molar-refractivity contribution in [3.05, 3.63) is 62.8 Å². The minimum absolute atomic E-state index is 0.122. The lowest BCUT2D eigenvalue weighted by Crippen LogP contribution is -2.17. The van der Waals surface area contributed by atoms with Crippen LogP contribution in [-0.4, -0.2) is 13.7 Å². The van der Waals surface area contributed by atoms with Gasteiger partial charge in [-0.05, 0) is 65.3 Å². The molecular weight excluding hydrogens is 357 g/mol. The van der Waals surface area contributed by atoms with Gasteiger partial charge in [0, 0.05) is 0 Å². The minimum atomic E-state index is -0.417. The molecule has 0 saturated carbocycles. The van der Waals surface area contributed by atoms with E-state index >= 15 is 0 Å². The van der Waals surface area contributed by atoms with E-state index in [9.17, 15) is 4.39 Å². The van der Waals surface area contributed by atoms with E-state index in [-0.39, 0.29) is 11.1 Å². The summed E-state index contributed by atoms with van der Waals surface area (Å²) >= 11 is 9.23. The predicted molar refractivity (Wildman–Crippen MR) is 87.6 cm³/mol. The molecule has 2 aromatic rings. The van der Waals surface area contributed by atoms with Gasteiger partial charge in [0.05, 0.1) is 22.1 Å². The summed E-state index contributed by atoms with van der Waals surface area (Å²) in [4.78, 5) is 0. The first-order valence-corrected chi connectivity index (χ1v) is 7.78. The van der Waals surface area contributed by atoms with Crippen molar-refractivity contribution >= 4 is 27.5 Å². The summed E-state index contributed by atoms with van der Waals surface area (Å²) in [5.41, 5.74) is 1.82. The van der Waals surface area contributed by atoms with Gasteiger partial charge in [0.15, 0.2) is 0 Å². The van der Waals surface area contributed by atoms with Gasteiger partial charge in [-0.1, -0.05) is 23.7 Å². The Morgan fingerprint density at radius 2 is 1.90 bits per heavy atom. The summed E-state index contributed by atoms with van der Waals surface area (Å²) in [6.45, 7) is 2.54. The fraction of sp³-hybridized carbons (Fsp3) is 0.250. The summed E-state index contributed by atoms with van der Waals surface area (Å²) in [5, 5.41) is 3.31. The Labute approximate surface area is 137 Å². The van der Waals surface area contributed by atoms with Crippen LogP contribution in [0.25, 0.3) is 0 Å². The molecule has 0 aliphatic carbocycles. The Kier molecular flexibility index (Phi) is 5.62. The molecule has 2 aromatic carbocycles. The van der Waals surface area contributed by atoms with E-state index in [1.165, 1.54) is 6.07 Å². The van der Waals surface area contributed by atoms with E-state index in [1.807, 2.05) is 38.2 Å². The third-order valence-corrected chi connectivity index (χ3v) is 4.08. The van der Waals surface area contributed by atoms with Crippen LogP contribution in [0.1, 0.15) is 24.1 Å². The average Bonchev–Trinajstić information content (AvgIpc) is 2.46. The number of rotatable bonds is 5. The van der Waals surface area contributed by atoms with Crippen LogP contribution in [0.4, 0.5) is 4.39 Å². The highest BCUT2D eigenvalue weighted by Gasteiger charge is 2.15. The van der Waals surface area contributed by atoms with Crippen molar-refractivity contribution in [2.24, 2.45) is 0 Å². The minimum Gasteiger partial charge on any atom is -0.493 e. The second kappa shape index (κ2) is 7.25. The Morgan fingerprint density at radius 1 is 1.24 bits per heavy atom. The third-order valence-electron chi connectivity index (χ3n) is 3.15. The number of halogens is 3. The number of hydrogen-bond acceptors (Lipinski definition) is 2. The molecule has 2 nitrogen and oxygen atoms in total. The first-order valence-electron chi connectivity index (χ1n) is 6.61. The highest BCUT2D eigenvalue weighted by Crippen LogP contribution is 2.31. The van der Waals surface area contributed by atoms with Crippen LogP contribution in [0.3, 0.4) is 0 Å². The molecule has 5 heteroatoms. The summed E-state index contributed by atoms with van der Waals surface area (Å²) in [7, 11) is 1.83. The first-order chi connectivity index (χ1) is 10.1. The van der Waals surface area contributed by atoms with Crippen molar-refractivity contribution < 1.29 is 9.13 Å². The van der Waals surface area contributed by atoms with Gasteiger partial charge in [-0.15, -0.1) is 0 Å². The molecule has 0 fully saturated rings. The fourth-order valence-electron chi connectivity index (χ4n) is 2.19.